The van der Waals surface area contributed by atoms with E-state index in [9.17, 15) is 4.79 Å². The molecule has 0 aromatic heterocycles. The van der Waals surface area contributed by atoms with Gasteiger partial charge in [-0.2, -0.15) is 0 Å². The maximum absolute atomic E-state index is 10.8. The highest BCUT2D eigenvalue weighted by Gasteiger charge is 2.25. The molecule has 1 saturated carbocycles. The molecule has 1 aliphatic carbocycles. The molecule has 0 spiro atoms. The number of rotatable bonds is 3. The summed E-state index contributed by atoms with van der Waals surface area (Å²) < 4.78 is 5.21. The Labute approximate surface area is 87.0 Å². The molecular formula is C12H22O2. The molecule has 82 valence electrons. The third kappa shape index (κ3) is 3.32. The first-order valence-corrected chi connectivity index (χ1v) is 5.80. The van der Waals surface area contributed by atoms with E-state index in [1.807, 2.05) is 0 Å². The number of hydrogen-bond acceptors (Lipinski definition) is 2. The first kappa shape index (κ1) is 11.5. The van der Waals surface area contributed by atoms with Crippen molar-refractivity contribution in [2.24, 2.45) is 11.8 Å². The van der Waals surface area contributed by atoms with Crippen LogP contribution in [0.4, 0.5) is 0 Å². The zero-order valence-corrected chi connectivity index (χ0v) is 9.58. The standard InChI is InChI=1S/C12H22O2/c1-4-9(2)11-5-7-12(8-6-11)14-10(3)13/h9,11-12H,4-8H2,1-3H3/t9-,11?,12?/m1/s1. The number of ether oxygens (including phenoxy) is 1. The lowest BCUT2D eigenvalue weighted by Gasteiger charge is -2.31. The average Bonchev–Trinajstić information content (AvgIpc) is 2.17. The summed E-state index contributed by atoms with van der Waals surface area (Å²) in [5.41, 5.74) is 0. The molecule has 0 saturated heterocycles. The molecule has 0 aromatic carbocycles. The van der Waals surface area contributed by atoms with E-state index in [0.29, 0.717) is 0 Å². The highest BCUT2D eigenvalue weighted by Crippen LogP contribution is 2.32. The second kappa shape index (κ2) is 5.38. The molecule has 0 radical (unpaired) electrons. The Kier molecular flexibility index (Phi) is 4.43. The van der Waals surface area contributed by atoms with Gasteiger partial charge in [0, 0.05) is 6.92 Å². The van der Waals surface area contributed by atoms with Crippen LogP contribution in [-0.2, 0) is 9.53 Å². The number of carbonyl (C=O) groups is 1. The quantitative estimate of drug-likeness (QED) is 0.651. The van der Waals surface area contributed by atoms with Gasteiger partial charge >= 0.3 is 5.97 Å². The predicted molar refractivity (Wildman–Crippen MR) is 57.0 cm³/mol. The van der Waals surface area contributed by atoms with E-state index in [-0.39, 0.29) is 12.1 Å². The summed E-state index contributed by atoms with van der Waals surface area (Å²) >= 11 is 0. The van der Waals surface area contributed by atoms with Gasteiger partial charge in [-0.05, 0) is 37.5 Å². The van der Waals surface area contributed by atoms with Gasteiger partial charge in [0.25, 0.3) is 0 Å². The monoisotopic (exact) mass is 198 g/mol. The van der Waals surface area contributed by atoms with Gasteiger partial charge in [-0.3, -0.25) is 4.79 Å². The Morgan fingerprint density at radius 3 is 2.36 bits per heavy atom. The van der Waals surface area contributed by atoms with Crippen molar-refractivity contribution >= 4 is 5.97 Å². The highest BCUT2D eigenvalue weighted by atomic mass is 16.5. The van der Waals surface area contributed by atoms with E-state index in [4.69, 9.17) is 4.74 Å². The summed E-state index contributed by atoms with van der Waals surface area (Å²) in [6.07, 6.45) is 6.05. The maximum atomic E-state index is 10.8. The first-order valence-electron chi connectivity index (χ1n) is 5.80. The summed E-state index contributed by atoms with van der Waals surface area (Å²) in [6, 6.07) is 0. The fourth-order valence-electron chi connectivity index (χ4n) is 2.34. The minimum absolute atomic E-state index is 0.128. The summed E-state index contributed by atoms with van der Waals surface area (Å²) in [4.78, 5) is 10.8. The zero-order valence-electron chi connectivity index (χ0n) is 9.58. The van der Waals surface area contributed by atoms with Gasteiger partial charge in [-0.15, -0.1) is 0 Å². The van der Waals surface area contributed by atoms with Crippen LogP contribution < -0.4 is 0 Å². The van der Waals surface area contributed by atoms with E-state index in [2.05, 4.69) is 13.8 Å². The highest BCUT2D eigenvalue weighted by molar-refractivity contribution is 5.66. The van der Waals surface area contributed by atoms with Crippen LogP contribution in [0.15, 0.2) is 0 Å². The molecule has 0 aliphatic heterocycles. The Balaban J connectivity index is 2.27. The third-order valence-electron chi connectivity index (χ3n) is 3.50. The van der Waals surface area contributed by atoms with Crippen LogP contribution in [0.5, 0.6) is 0 Å². The number of carbonyl (C=O) groups excluding carboxylic acids is 1. The fraction of sp³-hybridized carbons (Fsp3) is 0.917. The van der Waals surface area contributed by atoms with Gasteiger partial charge in [0.05, 0.1) is 0 Å². The lowest BCUT2D eigenvalue weighted by atomic mass is 9.79. The number of hydrogen-bond donors (Lipinski definition) is 0. The van der Waals surface area contributed by atoms with Crippen molar-refractivity contribution in [3.63, 3.8) is 0 Å². The summed E-state index contributed by atoms with van der Waals surface area (Å²) in [5.74, 6) is 1.55. The van der Waals surface area contributed by atoms with Crippen molar-refractivity contribution in [3.8, 4) is 0 Å². The topological polar surface area (TPSA) is 26.3 Å². The van der Waals surface area contributed by atoms with Crippen molar-refractivity contribution in [3.05, 3.63) is 0 Å². The van der Waals surface area contributed by atoms with Crippen LogP contribution in [0, 0.1) is 11.8 Å². The predicted octanol–water partition coefficient (Wildman–Crippen LogP) is 3.15. The molecule has 0 N–H and O–H groups in total. The Morgan fingerprint density at radius 1 is 1.36 bits per heavy atom. The van der Waals surface area contributed by atoms with Gasteiger partial charge in [-0.1, -0.05) is 20.3 Å². The van der Waals surface area contributed by atoms with E-state index >= 15 is 0 Å². The minimum Gasteiger partial charge on any atom is -0.463 e. The lowest BCUT2D eigenvalue weighted by Crippen LogP contribution is -2.26. The molecule has 2 heteroatoms. The van der Waals surface area contributed by atoms with Crippen LogP contribution in [-0.4, -0.2) is 12.1 Å². The van der Waals surface area contributed by atoms with Gasteiger partial charge < -0.3 is 4.74 Å². The smallest absolute Gasteiger partial charge is 0.302 e. The van der Waals surface area contributed by atoms with Crippen molar-refractivity contribution in [2.45, 2.75) is 59.0 Å². The number of esters is 1. The van der Waals surface area contributed by atoms with E-state index in [1.165, 1.54) is 26.2 Å². The molecule has 1 aliphatic rings. The van der Waals surface area contributed by atoms with Crippen molar-refractivity contribution in [2.75, 3.05) is 0 Å². The largest absolute Gasteiger partial charge is 0.463 e. The van der Waals surface area contributed by atoms with E-state index in [0.717, 1.165) is 24.7 Å². The van der Waals surface area contributed by atoms with E-state index in [1.54, 1.807) is 0 Å². The molecule has 1 rings (SSSR count). The van der Waals surface area contributed by atoms with Crippen LogP contribution in [0.3, 0.4) is 0 Å². The molecule has 0 aromatic rings. The summed E-state index contributed by atoms with van der Waals surface area (Å²) in [7, 11) is 0. The second-order valence-electron chi connectivity index (χ2n) is 4.53. The first-order chi connectivity index (χ1) is 6.63. The molecular weight excluding hydrogens is 176 g/mol. The Bertz CT molecular complexity index is 181. The second-order valence-corrected chi connectivity index (χ2v) is 4.53. The third-order valence-corrected chi connectivity index (χ3v) is 3.50. The van der Waals surface area contributed by atoms with Crippen molar-refractivity contribution < 1.29 is 9.53 Å². The normalized spacial score (nSPS) is 29.6. The minimum atomic E-state index is -0.128. The molecule has 2 nitrogen and oxygen atoms in total. The molecule has 14 heavy (non-hydrogen) atoms. The average molecular weight is 198 g/mol. The van der Waals surface area contributed by atoms with Crippen LogP contribution in [0.1, 0.15) is 52.9 Å². The Hall–Kier alpha value is -0.530. The molecule has 0 amide bonds. The van der Waals surface area contributed by atoms with Crippen molar-refractivity contribution in [1.29, 1.82) is 0 Å². The Morgan fingerprint density at radius 2 is 1.93 bits per heavy atom. The molecule has 1 fully saturated rings. The van der Waals surface area contributed by atoms with Gasteiger partial charge in [-0.25, -0.2) is 0 Å². The molecule has 0 bridgehead atoms. The van der Waals surface area contributed by atoms with Gasteiger partial charge in [0.2, 0.25) is 0 Å². The van der Waals surface area contributed by atoms with Crippen LogP contribution >= 0.6 is 0 Å². The molecule has 1 atom stereocenters. The summed E-state index contributed by atoms with van der Waals surface area (Å²) in [5, 5.41) is 0. The SMILES string of the molecule is CC[C@@H](C)C1CCC(OC(C)=O)CC1. The van der Waals surface area contributed by atoms with E-state index < -0.39 is 0 Å². The molecule has 0 unspecified atom stereocenters. The summed E-state index contributed by atoms with van der Waals surface area (Å²) in [6.45, 7) is 6.08. The lowest BCUT2D eigenvalue weighted by molar-refractivity contribution is -0.148. The zero-order chi connectivity index (χ0) is 10.6. The maximum Gasteiger partial charge on any atom is 0.302 e. The fourth-order valence-corrected chi connectivity index (χ4v) is 2.34. The van der Waals surface area contributed by atoms with Crippen LogP contribution in [0.2, 0.25) is 0 Å². The van der Waals surface area contributed by atoms with Crippen molar-refractivity contribution in [1.82, 2.24) is 0 Å². The van der Waals surface area contributed by atoms with Gasteiger partial charge in [0.15, 0.2) is 0 Å². The van der Waals surface area contributed by atoms with Gasteiger partial charge in [0.1, 0.15) is 6.10 Å². The van der Waals surface area contributed by atoms with Crippen LogP contribution in [0.25, 0.3) is 0 Å². The molecule has 0 heterocycles.